The topological polar surface area (TPSA) is 18.5 Å². The molecule has 0 saturated heterocycles. The third kappa shape index (κ3) is 4.53. The van der Waals surface area contributed by atoms with Gasteiger partial charge in [-0.3, -0.25) is 0 Å². The molecule has 0 bridgehead atoms. The number of hydrogen-bond donors (Lipinski definition) is 0. The van der Waals surface area contributed by atoms with Gasteiger partial charge in [0, 0.05) is 0 Å². The van der Waals surface area contributed by atoms with E-state index in [9.17, 15) is 0 Å². The number of benzene rings is 2. The van der Waals surface area contributed by atoms with Gasteiger partial charge in [0.1, 0.15) is 0 Å². The van der Waals surface area contributed by atoms with Crippen molar-refractivity contribution in [3.05, 3.63) is 59.7 Å². The molecule has 0 spiro atoms. The fraction of sp³-hybridized carbons (Fsp3) is 0.250. The Morgan fingerprint density at radius 3 is 1.68 bits per heavy atom. The van der Waals surface area contributed by atoms with Crippen LogP contribution in [0.5, 0.6) is 11.5 Å². The molecule has 19 heavy (non-hydrogen) atoms. The van der Waals surface area contributed by atoms with Gasteiger partial charge >= 0.3 is 127 Å². The first kappa shape index (κ1) is 14.4. The molecule has 0 amide bonds. The van der Waals surface area contributed by atoms with Gasteiger partial charge in [-0.2, -0.15) is 0 Å². The molecule has 0 aliphatic heterocycles. The van der Waals surface area contributed by atoms with Crippen LogP contribution in [0.1, 0.15) is 11.1 Å². The zero-order chi connectivity index (χ0) is 13.5. The number of hydrogen-bond acceptors (Lipinski definition) is 2. The Kier molecular flexibility index (Phi) is 5.71. The molecule has 0 saturated carbocycles. The predicted octanol–water partition coefficient (Wildman–Crippen LogP) is 3.49. The van der Waals surface area contributed by atoms with E-state index in [0.29, 0.717) is 0 Å². The van der Waals surface area contributed by atoms with Crippen molar-refractivity contribution in [1.82, 2.24) is 0 Å². The van der Waals surface area contributed by atoms with Crippen molar-refractivity contribution in [3.63, 3.8) is 0 Å². The second-order valence-corrected chi connectivity index (χ2v) is 11.2. The van der Waals surface area contributed by atoms with Crippen LogP contribution in [0.2, 0.25) is 0 Å². The monoisotopic (exact) mass is 444 g/mol. The van der Waals surface area contributed by atoms with Crippen LogP contribution in [0.15, 0.2) is 48.5 Å². The maximum absolute atomic E-state index is 5.26. The summed E-state index contributed by atoms with van der Waals surface area (Å²) in [4.78, 5) is 0. The summed E-state index contributed by atoms with van der Waals surface area (Å²) >= 11 is -0.905. The standard InChI is InChI=1S/2C8H9O.Hg/c2*1-7-4-3-5-8(6-7)9-2;/h2*3-6H,1H2,2H3;. The first-order valence-corrected chi connectivity index (χ1v) is 14.3. The molecule has 3 heteroatoms. The molecule has 2 nitrogen and oxygen atoms in total. The molecule has 0 fully saturated rings. The van der Waals surface area contributed by atoms with E-state index < -0.39 is 24.6 Å². The molecular weight excluding hydrogens is 425 g/mol. The average molecular weight is 443 g/mol. The normalized spacial score (nSPS) is 9.79. The van der Waals surface area contributed by atoms with E-state index in [4.69, 9.17) is 9.47 Å². The molecule has 0 aliphatic carbocycles. The zero-order valence-corrected chi connectivity index (χ0v) is 17.1. The Labute approximate surface area is 127 Å². The minimum absolute atomic E-state index is 0.905. The third-order valence-corrected chi connectivity index (χ3v) is 10.4. The fourth-order valence-electron chi connectivity index (χ4n) is 2.15. The SMILES string of the molecule is COc1cccc([CH2][Hg][CH2]c2cccc(OC)c2)c1. The molecule has 0 aliphatic rings. The Hall–Kier alpha value is -1.02. The van der Waals surface area contributed by atoms with Crippen LogP contribution in [-0.4, -0.2) is 14.2 Å². The van der Waals surface area contributed by atoms with Crippen LogP contribution in [-0.2, 0) is 32.4 Å². The quantitative estimate of drug-likeness (QED) is 0.638. The second-order valence-electron chi connectivity index (χ2n) is 4.56. The van der Waals surface area contributed by atoms with Crippen molar-refractivity contribution in [1.29, 1.82) is 0 Å². The summed E-state index contributed by atoms with van der Waals surface area (Å²) in [5, 5.41) is 0. The van der Waals surface area contributed by atoms with Crippen molar-refractivity contribution in [2.45, 2.75) is 7.86 Å². The molecular formula is C16H18HgO2. The first-order valence-electron chi connectivity index (χ1n) is 6.57. The van der Waals surface area contributed by atoms with Crippen LogP contribution in [0.25, 0.3) is 0 Å². The number of ether oxygens (including phenoxy) is 2. The molecule has 2 aromatic carbocycles. The average Bonchev–Trinajstić information content (AvgIpc) is 2.48. The first-order chi connectivity index (χ1) is 9.31. The van der Waals surface area contributed by atoms with Crippen LogP contribution in [0.3, 0.4) is 0 Å². The predicted molar refractivity (Wildman–Crippen MR) is 73.4 cm³/mol. The summed E-state index contributed by atoms with van der Waals surface area (Å²) < 4.78 is 13.1. The second kappa shape index (κ2) is 7.54. The van der Waals surface area contributed by atoms with E-state index >= 15 is 0 Å². The minimum atomic E-state index is -0.905. The molecule has 0 heterocycles. The van der Waals surface area contributed by atoms with Crippen molar-refractivity contribution in [3.8, 4) is 11.5 Å². The summed E-state index contributed by atoms with van der Waals surface area (Å²) in [6, 6.07) is 16.9. The van der Waals surface area contributed by atoms with Gasteiger partial charge in [-0.05, 0) is 0 Å². The van der Waals surface area contributed by atoms with E-state index in [1.165, 1.54) is 19.0 Å². The van der Waals surface area contributed by atoms with Gasteiger partial charge in [-0.25, -0.2) is 0 Å². The Bertz CT molecular complexity index is 478. The van der Waals surface area contributed by atoms with Crippen molar-refractivity contribution in [2.75, 3.05) is 14.2 Å². The van der Waals surface area contributed by atoms with Gasteiger partial charge in [0.15, 0.2) is 0 Å². The van der Waals surface area contributed by atoms with Gasteiger partial charge in [-0.1, -0.05) is 0 Å². The Morgan fingerprint density at radius 2 is 1.26 bits per heavy atom. The Balaban J connectivity index is 1.88. The van der Waals surface area contributed by atoms with Gasteiger partial charge in [0.25, 0.3) is 0 Å². The van der Waals surface area contributed by atoms with E-state index in [0.717, 1.165) is 11.5 Å². The number of rotatable bonds is 6. The van der Waals surface area contributed by atoms with Gasteiger partial charge in [0.05, 0.1) is 0 Å². The maximum atomic E-state index is 5.26. The molecule has 2 aromatic rings. The summed E-state index contributed by atoms with van der Waals surface area (Å²) in [6.45, 7) is 0. The molecule has 0 N–H and O–H groups in total. The van der Waals surface area contributed by atoms with E-state index in [-0.39, 0.29) is 0 Å². The summed E-state index contributed by atoms with van der Waals surface area (Å²) in [7, 11) is 3.44. The summed E-state index contributed by atoms with van der Waals surface area (Å²) in [6.07, 6.45) is 0. The zero-order valence-electron chi connectivity index (χ0n) is 11.6. The van der Waals surface area contributed by atoms with Crippen molar-refractivity contribution in [2.24, 2.45) is 0 Å². The van der Waals surface area contributed by atoms with Gasteiger partial charge in [0.2, 0.25) is 0 Å². The van der Waals surface area contributed by atoms with Crippen LogP contribution in [0, 0.1) is 0 Å². The van der Waals surface area contributed by atoms with Crippen molar-refractivity contribution >= 4 is 0 Å². The molecule has 2 rings (SSSR count). The summed E-state index contributed by atoms with van der Waals surface area (Å²) in [5.41, 5.74) is 2.84. The molecule has 0 aromatic heterocycles. The van der Waals surface area contributed by atoms with Crippen LogP contribution >= 0.6 is 0 Å². The van der Waals surface area contributed by atoms with Crippen molar-refractivity contribution < 1.29 is 34.0 Å². The van der Waals surface area contributed by atoms with Crippen LogP contribution in [0.4, 0.5) is 0 Å². The van der Waals surface area contributed by atoms with Crippen LogP contribution < -0.4 is 9.47 Å². The van der Waals surface area contributed by atoms with E-state index in [1.807, 2.05) is 12.1 Å². The molecule has 96 valence electrons. The third-order valence-electron chi connectivity index (χ3n) is 3.20. The van der Waals surface area contributed by atoms with E-state index in [1.54, 1.807) is 14.2 Å². The molecule has 0 unspecified atom stereocenters. The summed E-state index contributed by atoms with van der Waals surface area (Å²) in [5.74, 6) is 1.93. The van der Waals surface area contributed by atoms with Gasteiger partial charge in [-0.15, -0.1) is 0 Å². The number of methoxy groups -OCH3 is 2. The molecule has 0 atom stereocenters. The van der Waals surface area contributed by atoms with Gasteiger partial charge < -0.3 is 0 Å². The van der Waals surface area contributed by atoms with E-state index in [2.05, 4.69) is 36.4 Å². The fourth-order valence-corrected chi connectivity index (χ4v) is 8.43. The Morgan fingerprint density at radius 1 is 0.789 bits per heavy atom. The molecule has 0 radical (unpaired) electrons.